The van der Waals surface area contributed by atoms with E-state index in [1.807, 2.05) is 0 Å². The van der Waals surface area contributed by atoms with Crippen LogP contribution in [0.5, 0.6) is 0 Å². The molecular formula is C11H12N2O4. The Morgan fingerprint density at radius 3 is 2.82 bits per heavy atom. The number of carboxylic acid groups (broad SMARTS) is 1. The van der Waals surface area contributed by atoms with Crippen LogP contribution in [0.4, 0.5) is 0 Å². The van der Waals surface area contributed by atoms with E-state index in [0.717, 1.165) is 0 Å². The van der Waals surface area contributed by atoms with Gasteiger partial charge in [-0.25, -0.2) is 0 Å². The van der Waals surface area contributed by atoms with E-state index in [-0.39, 0.29) is 17.6 Å². The molecule has 90 valence electrons. The fraction of sp³-hybridized carbons (Fsp3) is 0.364. The van der Waals surface area contributed by atoms with Crippen LogP contribution in [0.15, 0.2) is 22.7 Å². The summed E-state index contributed by atoms with van der Waals surface area (Å²) in [5.41, 5.74) is 0.203. The van der Waals surface area contributed by atoms with Crippen molar-refractivity contribution in [3.63, 3.8) is 0 Å². The Kier molecular flexibility index (Phi) is 2.95. The number of nitrogens with one attached hydrogen (secondary N) is 1. The van der Waals surface area contributed by atoms with Crippen LogP contribution in [0.2, 0.25) is 0 Å². The van der Waals surface area contributed by atoms with Crippen LogP contribution in [0, 0.1) is 12.8 Å². The molecular weight excluding hydrogens is 224 g/mol. The largest absolute Gasteiger partial charge is 0.481 e. The first kappa shape index (κ1) is 11.4. The molecule has 0 spiro atoms. The normalized spacial score (nSPS) is 22.6. The van der Waals surface area contributed by atoms with Crippen LogP contribution in [0.3, 0.4) is 0 Å². The first-order valence-electron chi connectivity index (χ1n) is 5.21. The maximum absolute atomic E-state index is 11.7. The SMILES string of the molecule is Cc1cc(C(=O)NC2C=CC(C(=O)O)C2)no1. The summed E-state index contributed by atoms with van der Waals surface area (Å²) in [4.78, 5) is 22.4. The molecule has 0 aliphatic heterocycles. The van der Waals surface area contributed by atoms with Gasteiger partial charge in [-0.1, -0.05) is 17.3 Å². The fourth-order valence-corrected chi connectivity index (χ4v) is 1.70. The van der Waals surface area contributed by atoms with Gasteiger partial charge in [-0.05, 0) is 13.3 Å². The van der Waals surface area contributed by atoms with E-state index in [1.165, 1.54) is 6.07 Å². The Bertz CT molecular complexity index is 478. The number of carbonyl (C=O) groups excluding carboxylic acids is 1. The predicted molar refractivity (Wildman–Crippen MR) is 57.4 cm³/mol. The lowest BCUT2D eigenvalue weighted by Gasteiger charge is -2.10. The molecule has 2 rings (SSSR count). The number of carbonyl (C=O) groups is 2. The Morgan fingerprint density at radius 2 is 2.29 bits per heavy atom. The zero-order valence-corrected chi connectivity index (χ0v) is 9.21. The summed E-state index contributed by atoms with van der Waals surface area (Å²) >= 11 is 0. The summed E-state index contributed by atoms with van der Waals surface area (Å²) in [6, 6.07) is 1.27. The maximum Gasteiger partial charge on any atom is 0.310 e. The average molecular weight is 236 g/mol. The summed E-state index contributed by atoms with van der Waals surface area (Å²) < 4.78 is 4.79. The third kappa shape index (κ3) is 2.52. The van der Waals surface area contributed by atoms with Crippen molar-refractivity contribution in [2.45, 2.75) is 19.4 Å². The summed E-state index contributed by atoms with van der Waals surface area (Å²) in [5.74, 6) is -1.21. The van der Waals surface area contributed by atoms with Crippen molar-refractivity contribution in [1.29, 1.82) is 0 Å². The van der Waals surface area contributed by atoms with Gasteiger partial charge in [0.2, 0.25) is 0 Å². The minimum atomic E-state index is -0.879. The second-order valence-corrected chi connectivity index (χ2v) is 3.97. The molecule has 17 heavy (non-hydrogen) atoms. The molecule has 1 aromatic rings. The van der Waals surface area contributed by atoms with Crippen molar-refractivity contribution in [2.75, 3.05) is 0 Å². The second-order valence-electron chi connectivity index (χ2n) is 3.97. The van der Waals surface area contributed by atoms with Gasteiger partial charge in [-0.2, -0.15) is 0 Å². The van der Waals surface area contributed by atoms with Crippen LogP contribution >= 0.6 is 0 Å². The van der Waals surface area contributed by atoms with Crippen LogP contribution < -0.4 is 5.32 Å². The number of aryl methyl sites for hydroxylation is 1. The van der Waals surface area contributed by atoms with Gasteiger partial charge in [0.1, 0.15) is 5.76 Å². The van der Waals surface area contributed by atoms with E-state index in [2.05, 4.69) is 10.5 Å². The van der Waals surface area contributed by atoms with E-state index in [1.54, 1.807) is 19.1 Å². The van der Waals surface area contributed by atoms with Crippen molar-refractivity contribution in [3.8, 4) is 0 Å². The van der Waals surface area contributed by atoms with Crippen molar-refractivity contribution >= 4 is 11.9 Å². The Hall–Kier alpha value is -2.11. The van der Waals surface area contributed by atoms with Crippen molar-refractivity contribution in [1.82, 2.24) is 10.5 Å². The average Bonchev–Trinajstić information content (AvgIpc) is 2.86. The minimum Gasteiger partial charge on any atom is -0.481 e. The van der Waals surface area contributed by atoms with Crippen LogP contribution in [0.25, 0.3) is 0 Å². The molecule has 1 aromatic heterocycles. The molecule has 0 bridgehead atoms. The summed E-state index contributed by atoms with van der Waals surface area (Å²) in [6.45, 7) is 1.69. The third-order valence-electron chi connectivity index (χ3n) is 2.58. The van der Waals surface area contributed by atoms with Crippen LogP contribution in [-0.2, 0) is 4.79 Å². The van der Waals surface area contributed by atoms with Crippen molar-refractivity contribution in [3.05, 3.63) is 29.7 Å². The highest BCUT2D eigenvalue weighted by atomic mass is 16.5. The first-order valence-corrected chi connectivity index (χ1v) is 5.21. The van der Waals surface area contributed by atoms with E-state index in [0.29, 0.717) is 12.2 Å². The zero-order valence-electron chi connectivity index (χ0n) is 9.21. The summed E-state index contributed by atoms with van der Waals surface area (Å²) in [5, 5.41) is 15.1. The van der Waals surface area contributed by atoms with Crippen LogP contribution in [0.1, 0.15) is 22.7 Å². The topological polar surface area (TPSA) is 92.4 Å². The number of hydrogen-bond donors (Lipinski definition) is 2. The number of aromatic nitrogens is 1. The molecule has 0 saturated carbocycles. The van der Waals surface area contributed by atoms with Gasteiger partial charge in [-0.3, -0.25) is 9.59 Å². The van der Waals surface area contributed by atoms with Gasteiger partial charge in [-0.15, -0.1) is 0 Å². The predicted octanol–water partition coefficient (Wildman–Crippen LogP) is 0.742. The van der Waals surface area contributed by atoms with E-state index < -0.39 is 11.9 Å². The Morgan fingerprint density at radius 1 is 1.53 bits per heavy atom. The molecule has 1 aliphatic carbocycles. The van der Waals surface area contributed by atoms with Gasteiger partial charge in [0.15, 0.2) is 5.69 Å². The van der Waals surface area contributed by atoms with Crippen LogP contribution in [-0.4, -0.2) is 28.2 Å². The Labute approximate surface area is 97.3 Å². The molecule has 2 N–H and O–H groups in total. The molecule has 6 heteroatoms. The van der Waals surface area contributed by atoms with Gasteiger partial charge in [0.25, 0.3) is 5.91 Å². The highest BCUT2D eigenvalue weighted by molar-refractivity contribution is 5.92. The second kappa shape index (κ2) is 4.40. The lowest BCUT2D eigenvalue weighted by molar-refractivity contribution is -0.140. The molecule has 6 nitrogen and oxygen atoms in total. The highest BCUT2D eigenvalue weighted by Gasteiger charge is 2.26. The minimum absolute atomic E-state index is 0.203. The van der Waals surface area contributed by atoms with E-state index in [4.69, 9.17) is 9.63 Å². The molecule has 2 unspecified atom stereocenters. The van der Waals surface area contributed by atoms with E-state index >= 15 is 0 Å². The molecule has 1 aliphatic rings. The molecule has 1 heterocycles. The number of rotatable bonds is 3. The van der Waals surface area contributed by atoms with Crippen molar-refractivity contribution in [2.24, 2.45) is 5.92 Å². The molecule has 0 saturated heterocycles. The molecule has 2 atom stereocenters. The van der Waals surface area contributed by atoms with Gasteiger partial charge in [0, 0.05) is 12.1 Å². The third-order valence-corrected chi connectivity index (χ3v) is 2.58. The Balaban J connectivity index is 1.93. The van der Waals surface area contributed by atoms with E-state index in [9.17, 15) is 9.59 Å². The number of aliphatic carboxylic acids is 1. The molecule has 0 aromatic carbocycles. The molecule has 1 amide bonds. The van der Waals surface area contributed by atoms with Gasteiger partial charge in [0.05, 0.1) is 5.92 Å². The lowest BCUT2D eigenvalue weighted by Crippen LogP contribution is -2.33. The lowest BCUT2D eigenvalue weighted by atomic mass is 10.1. The number of nitrogens with zero attached hydrogens (tertiary/aromatic N) is 1. The standard InChI is InChI=1S/C11H12N2O4/c1-6-4-9(13-17-6)10(14)12-8-3-2-7(5-8)11(15)16/h2-4,7-8H,5H2,1H3,(H,12,14)(H,15,16). The summed E-state index contributed by atoms with van der Waals surface area (Å²) in [7, 11) is 0. The molecule has 0 fully saturated rings. The maximum atomic E-state index is 11.7. The van der Waals surface area contributed by atoms with Crippen molar-refractivity contribution < 1.29 is 19.2 Å². The fourth-order valence-electron chi connectivity index (χ4n) is 1.70. The number of hydrogen-bond acceptors (Lipinski definition) is 4. The zero-order chi connectivity index (χ0) is 12.4. The highest BCUT2D eigenvalue weighted by Crippen LogP contribution is 2.18. The van der Waals surface area contributed by atoms with Gasteiger partial charge >= 0.3 is 5.97 Å². The molecule has 0 radical (unpaired) electrons. The quantitative estimate of drug-likeness (QED) is 0.755. The number of carboxylic acids is 1. The smallest absolute Gasteiger partial charge is 0.310 e. The van der Waals surface area contributed by atoms with Gasteiger partial charge < -0.3 is 14.9 Å². The monoisotopic (exact) mass is 236 g/mol. The first-order chi connectivity index (χ1) is 8.06. The number of amides is 1. The summed E-state index contributed by atoms with van der Waals surface area (Å²) in [6.07, 6.45) is 3.64.